The summed E-state index contributed by atoms with van der Waals surface area (Å²) in [4.78, 5) is 14.5. The standard InChI is InChI=1S/C19H27FN2O.ClH/c1-14(12-16-4-2-3-5-18(16)20)19(23)22-10-8-17(9-11-22)21-13-15-6-7-15;/h2-5,14-15,17,21H,6-13H2,1H3;1H. The van der Waals surface area contributed by atoms with Gasteiger partial charge in [0.05, 0.1) is 0 Å². The van der Waals surface area contributed by atoms with Gasteiger partial charge in [-0.25, -0.2) is 4.39 Å². The zero-order valence-corrected chi connectivity index (χ0v) is 15.2. The maximum absolute atomic E-state index is 13.7. The molecule has 1 unspecified atom stereocenters. The summed E-state index contributed by atoms with van der Waals surface area (Å²) >= 11 is 0. The molecule has 1 saturated carbocycles. The minimum atomic E-state index is -0.213. The van der Waals surface area contributed by atoms with Crippen LogP contribution in [0.4, 0.5) is 4.39 Å². The lowest BCUT2D eigenvalue weighted by Crippen LogP contribution is -2.47. The van der Waals surface area contributed by atoms with Gasteiger partial charge in [0.1, 0.15) is 5.82 Å². The van der Waals surface area contributed by atoms with Crippen LogP contribution in [0.1, 0.15) is 38.2 Å². The number of likely N-dealkylation sites (tertiary alicyclic amines) is 1. The number of rotatable bonds is 6. The summed E-state index contributed by atoms with van der Waals surface area (Å²) in [7, 11) is 0. The number of benzene rings is 1. The highest BCUT2D eigenvalue weighted by molar-refractivity contribution is 5.85. The molecule has 1 heterocycles. The molecule has 0 spiro atoms. The van der Waals surface area contributed by atoms with Crippen LogP contribution in [-0.4, -0.2) is 36.5 Å². The predicted molar refractivity (Wildman–Crippen MR) is 96.8 cm³/mol. The van der Waals surface area contributed by atoms with Gasteiger partial charge in [-0.1, -0.05) is 25.1 Å². The van der Waals surface area contributed by atoms with E-state index in [2.05, 4.69) is 5.32 Å². The van der Waals surface area contributed by atoms with Crippen molar-refractivity contribution < 1.29 is 9.18 Å². The van der Waals surface area contributed by atoms with Crippen LogP contribution >= 0.6 is 12.4 Å². The Morgan fingerprint density at radius 1 is 1.25 bits per heavy atom. The van der Waals surface area contributed by atoms with Crippen LogP contribution in [0.3, 0.4) is 0 Å². The molecule has 2 fully saturated rings. The molecule has 3 nitrogen and oxygen atoms in total. The molecule has 1 saturated heterocycles. The van der Waals surface area contributed by atoms with E-state index in [0.717, 1.165) is 38.4 Å². The topological polar surface area (TPSA) is 32.3 Å². The first-order valence-corrected chi connectivity index (χ1v) is 8.89. The Morgan fingerprint density at radius 2 is 1.92 bits per heavy atom. The average molecular weight is 355 g/mol. The lowest BCUT2D eigenvalue weighted by molar-refractivity contribution is -0.136. The van der Waals surface area contributed by atoms with Crippen LogP contribution in [0, 0.1) is 17.7 Å². The number of hydrogen-bond donors (Lipinski definition) is 1. The van der Waals surface area contributed by atoms with E-state index in [9.17, 15) is 9.18 Å². The Bertz CT molecular complexity index is 542. The van der Waals surface area contributed by atoms with Crippen molar-refractivity contribution in [3.05, 3.63) is 35.6 Å². The molecule has 1 N–H and O–H groups in total. The lowest BCUT2D eigenvalue weighted by atomic mass is 9.97. The molecule has 24 heavy (non-hydrogen) atoms. The number of hydrogen-bond acceptors (Lipinski definition) is 2. The zero-order chi connectivity index (χ0) is 16.2. The predicted octanol–water partition coefficient (Wildman–Crippen LogP) is 3.42. The summed E-state index contributed by atoms with van der Waals surface area (Å²) in [6.45, 7) is 4.69. The number of piperidine rings is 1. The normalized spacial score (nSPS) is 19.7. The van der Waals surface area contributed by atoms with E-state index < -0.39 is 0 Å². The van der Waals surface area contributed by atoms with Crippen molar-refractivity contribution >= 4 is 18.3 Å². The molecule has 1 atom stereocenters. The molecule has 1 aromatic rings. The van der Waals surface area contributed by atoms with Gasteiger partial charge >= 0.3 is 0 Å². The average Bonchev–Trinajstić information content (AvgIpc) is 3.39. The van der Waals surface area contributed by atoms with E-state index >= 15 is 0 Å². The minimum absolute atomic E-state index is 0. The molecule has 1 aromatic carbocycles. The SMILES string of the molecule is CC(Cc1ccccc1F)C(=O)N1CCC(NCC2CC2)CC1.Cl. The Kier molecular flexibility index (Phi) is 7.05. The van der Waals surface area contributed by atoms with Crippen molar-refractivity contribution in [2.45, 2.75) is 45.1 Å². The smallest absolute Gasteiger partial charge is 0.225 e. The van der Waals surface area contributed by atoms with Crippen molar-refractivity contribution in [1.82, 2.24) is 10.2 Å². The number of nitrogens with zero attached hydrogens (tertiary/aromatic N) is 1. The molecule has 0 radical (unpaired) electrons. The fraction of sp³-hybridized carbons (Fsp3) is 0.632. The van der Waals surface area contributed by atoms with Crippen LogP contribution in [0.25, 0.3) is 0 Å². The molecule has 1 amide bonds. The van der Waals surface area contributed by atoms with E-state index in [1.54, 1.807) is 12.1 Å². The third kappa shape index (κ3) is 5.18. The highest BCUT2D eigenvalue weighted by Gasteiger charge is 2.28. The van der Waals surface area contributed by atoms with Crippen LogP contribution in [-0.2, 0) is 11.2 Å². The first-order chi connectivity index (χ1) is 11.1. The number of carbonyl (C=O) groups excluding carboxylic acids is 1. The van der Waals surface area contributed by atoms with Crippen LogP contribution < -0.4 is 5.32 Å². The number of nitrogens with one attached hydrogen (secondary N) is 1. The second-order valence-corrected chi connectivity index (χ2v) is 7.15. The van der Waals surface area contributed by atoms with Crippen molar-refractivity contribution in [2.24, 2.45) is 11.8 Å². The Labute approximate surface area is 150 Å². The minimum Gasteiger partial charge on any atom is -0.342 e. The van der Waals surface area contributed by atoms with Crippen LogP contribution in [0.15, 0.2) is 24.3 Å². The monoisotopic (exact) mass is 354 g/mol. The van der Waals surface area contributed by atoms with E-state index in [1.165, 1.54) is 18.9 Å². The molecule has 1 aliphatic heterocycles. The molecule has 1 aliphatic carbocycles. The van der Waals surface area contributed by atoms with Gasteiger partial charge in [0, 0.05) is 25.0 Å². The number of halogens is 2. The van der Waals surface area contributed by atoms with Gasteiger partial charge < -0.3 is 10.2 Å². The van der Waals surface area contributed by atoms with Crippen molar-refractivity contribution in [3.63, 3.8) is 0 Å². The fourth-order valence-electron chi connectivity index (χ4n) is 3.35. The van der Waals surface area contributed by atoms with Crippen molar-refractivity contribution in [3.8, 4) is 0 Å². The summed E-state index contributed by atoms with van der Waals surface area (Å²) in [5, 5.41) is 3.63. The highest BCUT2D eigenvalue weighted by Crippen LogP contribution is 2.28. The molecule has 134 valence electrons. The first kappa shape index (κ1) is 19.2. The maximum atomic E-state index is 13.7. The summed E-state index contributed by atoms with van der Waals surface area (Å²) in [5.41, 5.74) is 0.634. The quantitative estimate of drug-likeness (QED) is 0.849. The molecule has 3 rings (SSSR count). The van der Waals surface area contributed by atoms with Gasteiger partial charge in [-0.3, -0.25) is 4.79 Å². The van der Waals surface area contributed by atoms with Gasteiger partial charge in [0.2, 0.25) is 5.91 Å². The van der Waals surface area contributed by atoms with Crippen LogP contribution in [0.5, 0.6) is 0 Å². The molecule has 0 aromatic heterocycles. The molecule has 5 heteroatoms. The van der Waals surface area contributed by atoms with Crippen molar-refractivity contribution in [1.29, 1.82) is 0 Å². The largest absolute Gasteiger partial charge is 0.342 e. The summed E-state index contributed by atoms with van der Waals surface area (Å²) in [5.74, 6) is 0.683. The Balaban J connectivity index is 0.00000208. The highest BCUT2D eigenvalue weighted by atomic mass is 35.5. The van der Waals surface area contributed by atoms with Gasteiger partial charge in [0.15, 0.2) is 0 Å². The lowest BCUT2D eigenvalue weighted by Gasteiger charge is -2.34. The zero-order valence-electron chi connectivity index (χ0n) is 14.3. The third-order valence-electron chi connectivity index (χ3n) is 5.10. The maximum Gasteiger partial charge on any atom is 0.225 e. The molecule has 0 bridgehead atoms. The Hall–Kier alpha value is -1.13. The third-order valence-corrected chi connectivity index (χ3v) is 5.10. The van der Waals surface area contributed by atoms with Gasteiger partial charge in [-0.2, -0.15) is 0 Å². The van der Waals surface area contributed by atoms with E-state index in [4.69, 9.17) is 0 Å². The van der Waals surface area contributed by atoms with E-state index in [-0.39, 0.29) is 30.0 Å². The van der Waals surface area contributed by atoms with Crippen molar-refractivity contribution in [2.75, 3.05) is 19.6 Å². The number of amides is 1. The summed E-state index contributed by atoms with van der Waals surface area (Å²) < 4.78 is 13.7. The molecular weight excluding hydrogens is 327 g/mol. The second kappa shape index (κ2) is 8.82. The Morgan fingerprint density at radius 3 is 2.54 bits per heavy atom. The summed E-state index contributed by atoms with van der Waals surface area (Å²) in [6.07, 6.45) is 5.29. The van der Waals surface area contributed by atoms with Gasteiger partial charge in [-0.05, 0) is 56.2 Å². The van der Waals surface area contributed by atoms with E-state index in [1.807, 2.05) is 17.9 Å². The number of carbonyl (C=O) groups is 1. The summed E-state index contributed by atoms with van der Waals surface area (Å²) in [6, 6.07) is 7.30. The molecule has 2 aliphatic rings. The second-order valence-electron chi connectivity index (χ2n) is 7.15. The van der Waals surface area contributed by atoms with E-state index in [0.29, 0.717) is 18.0 Å². The fourth-order valence-corrected chi connectivity index (χ4v) is 3.35. The first-order valence-electron chi connectivity index (χ1n) is 8.89. The van der Waals surface area contributed by atoms with Gasteiger partial charge in [0.25, 0.3) is 0 Å². The molecular formula is C19H28ClFN2O. The van der Waals surface area contributed by atoms with Gasteiger partial charge in [-0.15, -0.1) is 12.4 Å². The van der Waals surface area contributed by atoms with Crippen LogP contribution in [0.2, 0.25) is 0 Å².